The third kappa shape index (κ3) is 6.32. The van der Waals surface area contributed by atoms with Crippen molar-refractivity contribution >= 4 is 21.9 Å². The zero-order valence-corrected chi connectivity index (χ0v) is 29.5. The lowest BCUT2D eigenvalue weighted by Crippen LogP contribution is -1.98. The molecule has 0 aliphatic rings. The molecule has 3 heterocycles. The van der Waals surface area contributed by atoms with Gasteiger partial charge in [0.2, 0.25) is 5.89 Å². The van der Waals surface area contributed by atoms with Gasteiger partial charge in [-0.15, -0.1) is 0 Å². The number of hydrogen-bond donors (Lipinski definition) is 0. The zero-order valence-electron chi connectivity index (χ0n) is 29.5. The molecule has 3 aromatic heterocycles. The van der Waals surface area contributed by atoms with Gasteiger partial charge in [0.1, 0.15) is 5.52 Å². The fourth-order valence-corrected chi connectivity index (χ4v) is 6.97. The van der Waals surface area contributed by atoms with Crippen molar-refractivity contribution in [1.82, 2.24) is 24.9 Å². The van der Waals surface area contributed by atoms with Crippen molar-refractivity contribution in [3.63, 3.8) is 0 Å². The zero-order chi connectivity index (χ0) is 36.6. The van der Waals surface area contributed by atoms with Gasteiger partial charge in [-0.2, -0.15) is 0 Å². The van der Waals surface area contributed by atoms with E-state index in [4.69, 9.17) is 29.3 Å². The Kier molecular flexibility index (Phi) is 8.04. The van der Waals surface area contributed by atoms with Gasteiger partial charge in [-0.25, -0.2) is 24.9 Å². The van der Waals surface area contributed by atoms with E-state index in [2.05, 4.69) is 72.8 Å². The molecule has 0 unspecified atom stereocenters. The van der Waals surface area contributed by atoms with Crippen LogP contribution in [0.3, 0.4) is 0 Å². The SMILES string of the molecule is c1ccc(-c2cc(-c3cc(-c4cc(-c5ccccc5)nc(-c5ccccc5)n4)cc(-c4nc5c(ccc6ccccc65)o4)c3)nc(-c3ccccc3)n2)cc1. The smallest absolute Gasteiger partial charge is 0.227 e. The van der Waals surface area contributed by atoms with Crippen molar-refractivity contribution in [3.05, 3.63) is 188 Å². The van der Waals surface area contributed by atoms with Crippen LogP contribution < -0.4 is 0 Å². The Morgan fingerprint density at radius 1 is 0.309 bits per heavy atom. The first-order chi connectivity index (χ1) is 27.2. The Hall–Kier alpha value is -7.57. The first-order valence-electron chi connectivity index (χ1n) is 18.2. The summed E-state index contributed by atoms with van der Waals surface area (Å²) >= 11 is 0. The highest BCUT2D eigenvalue weighted by Crippen LogP contribution is 2.37. The summed E-state index contributed by atoms with van der Waals surface area (Å²) in [6.45, 7) is 0. The molecule has 0 fully saturated rings. The molecule has 0 amide bonds. The van der Waals surface area contributed by atoms with Crippen molar-refractivity contribution in [2.24, 2.45) is 0 Å². The van der Waals surface area contributed by atoms with Crippen LogP contribution in [-0.2, 0) is 0 Å². The van der Waals surface area contributed by atoms with Crippen molar-refractivity contribution < 1.29 is 4.42 Å². The highest BCUT2D eigenvalue weighted by Gasteiger charge is 2.18. The third-order valence-corrected chi connectivity index (χ3v) is 9.71. The number of nitrogens with zero attached hydrogens (tertiary/aromatic N) is 5. The lowest BCUT2D eigenvalue weighted by molar-refractivity contribution is 0.620. The van der Waals surface area contributed by atoms with Crippen LogP contribution in [0.5, 0.6) is 0 Å². The lowest BCUT2D eigenvalue weighted by Gasteiger charge is -2.13. The van der Waals surface area contributed by atoms with E-state index in [-0.39, 0.29) is 0 Å². The minimum absolute atomic E-state index is 0.510. The predicted octanol–water partition coefficient (Wildman–Crippen LogP) is 12.2. The van der Waals surface area contributed by atoms with Gasteiger partial charge in [-0.1, -0.05) is 152 Å². The van der Waals surface area contributed by atoms with E-state index in [0.717, 1.165) is 83.6 Å². The van der Waals surface area contributed by atoms with Crippen LogP contribution in [-0.4, -0.2) is 24.9 Å². The van der Waals surface area contributed by atoms with Gasteiger partial charge in [0.25, 0.3) is 0 Å². The minimum atomic E-state index is 0.510. The van der Waals surface area contributed by atoms with Gasteiger partial charge in [-0.3, -0.25) is 0 Å². The fraction of sp³-hybridized carbons (Fsp3) is 0. The topological polar surface area (TPSA) is 77.6 Å². The van der Waals surface area contributed by atoms with Crippen molar-refractivity contribution in [3.8, 4) is 79.3 Å². The molecular formula is C49H31N5O. The van der Waals surface area contributed by atoms with E-state index >= 15 is 0 Å². The number of hydrogen-bond acceptors (Lipinski definition) is 6. The Labute approximate surface area is 317 Å². The normalized spacial score (nSPS) is 11.3. The number of oxazole rings is 1. The average molecular weight is 706 g/mol. The highest BCUT2D eigenvalue weighted by molar-refractivity contribution is 6.04. The van der Waals surface area contributed by atoms with Crippen molar-refractivity contribution in [2.45, 2.75) is 0 Å². The number of benzene rings is 7. The second kappa shape index (κ2) is 13.8. The molecule has 0 radical (unpaired) electrons. The van der Waals surface area contributed by atoms with Crippen LogP contribution in [0.15, 0.2) is 192 Å². The van der Waals surface area contributed by atoms with Gasteiger partial charge in [0, 0.05) is 44.3 Å². The van der Waals surface area contributed by atoms with E-state index in [0.29, 0.717) is 17.5 Å². The van der Waals surface area contributed by atoms with E-state index in [9.17, 15) is 0 Å². The molecule has 0 saturated heterocycles. The maximum Gasteiger partial charge on any atom is 0.227 e. The predicted molar refractivity (Wildman–Crippen MR) is 221 cm³/mol. The number of fused-ring (bicyclic) bond motifs is 3. The number of rotatable bonds is 7. The molecular weight excluding hydrogens is 675 g/mol. The second-order valence-corrected chi connectivity index (χ2v) is 13.3. The maximum atomic E-state index is 6.54. The molecule has 0 atom stereocenters. The molecule has 0 bridgehead atoms. The molecule has 55 heavy (non-hydrogen) atoms. The van der Waals surface area contributed by atoms with Crippen LogP contribution >= 0.6 is 0 Å². The number of aromatic nitrogens is 5. The first kappa shape index (κ1) is 32.1. The summed E-state index contributed by atoms with van der Waals surface area (Å²) in [6.07, 6.45) is 0. The quantitative estimate of drug-likeness (QED) is 0.164. The monoisotopic (exact) mass is 705 g/mol. The molecule has 0 aliphatic carbocycles. The van der Waals surface area contributed by atoms with Crippen LogP contribution in [0.25, 0.3) is 101 Å². The molecule has 6 nitrogen and oxygen atoms in total. The Balaban J connectivity index is 1.23. The molecule has 0 spiro atoms. The highest BCUT2D eigenvalue weighted by atomic mass is 16.3. The molecule has 0 aliphatic heterocycles. The summed E-state index contributed by atoms with van der Waals surface area (Å²) in [7, 11) is 0. The fourth-order valence-electron chi connectivity index (χ4n) is 6.97. The van der Waals surface area contributed by atoms with Gasteiger partial charge in [0.15, 0.2) is 17.2 Å². The molecule has 10 aromatic rings. The molecule has 10 rings (SSSR count). The van der Waals surface area contributed by atoms with E-state index in [1.807, 2.05) is 115 Å². The maximum absolute atomic E-state index is 6.54. The third-order valence-electron chi connectivity index (χ3n) is 9.71. The Morgan fingerprint density at radius 2 is 0.727 bits per heavy atom. The summed E-state index contributed by atoms with van der Waals surface area (Å²) in [4.78, 5) is 25.6. The van der Waals surface area contributed by atoms with Gasteiger partial charge >= 0.3 is 0 Å². The van der Waals surface area contributed by atoms with Crippen LogP contribution in [0.2, 0.25) is 0 Å². The van der Waals surface area contributed by atoms with Crippen molar-refractivity contribution in [2.75, 3.05) is 0 Å². The summed E-state index contributed by atoms with van der Waals surface area (Å²) < 4.78 is 6.54. The molecule has 6 heteroatoms. The molecule has 258 valence electrons. The van der Waals surface area contributed by atoms with Crippen LogP contribution in [0.4, 0.5) is 0 Å². The molecule has 7 aromatic carbocycles. The summed E-state index contributed by atoms with van der Waals surface area (Å²) in [5, 5.41) is 2.15. The summed E-state index contributed by atoms with van der Waals surface area (Å²) in [5.74, 6) is 1.78. The molecule has 0 saturated carbocycles. The van der Waals surface area contributed by atoms with E-state index in [1.54, 1.807) is 0 Å². The van der Waals surface area contributed by atoms with Crippen LogP contribution in [0, 0.1) is 0 Å². The summed E-state index contributed by atoms with van der Waals surface area (Å²) in [5.41, 5.74) is 11.1. The van der Waals surface area contributed by atoms with Crippen LogP contribution in [0.1, 0.15) is 0 Å². The first-order valence-corrected chi connectivity index (χ1v) is 18.2. The van der Waals surface area contributed by atoms with Gasteiger partial charge in [0.05, 0.1) is 22.8 Å². The van der Waals surface area contributed by atoms with E-state index in [1.165, 1.54) is 0 Å². The Morgan fingerprint density at radius 3 is 1.24 bits per heavy atom. The standard InChI is InChI=1S/C49H31N5O/c1-5-16-33(17-6-1)41-30-43(52-47(50-41)35-20-9-3-10-21-35)37-27-38(29-39(28-37)49-54-46-40-24-14-13-15-32(40)25-26-45(46)55-49)44-31-42(34-18-7-2-8-19-34)51-48(53-44)36-22-11-4-12-23-36/h1-31H. The largest absolute Gasteiger partial charge is 0.436 e. The molecule has 0 N–H and O–H groups in total. The van der Waals surface area contributed by atoms with Crippen molar-refractivity contribution in [1.29, 1.82) is 0 Å². The van der Waals surface area contributed by atoms with Gasteiger partial charge in [-0.05, 0) is 41.8 Å². The minimum Gasteiger partial charge on any atom is -0.436 e. The second-order valence-electron chi connectivity index (χ2n) is 13.3. The van der Waals surface area contributed by atoms with Gasteiger partial charge < -0.3 is 4.42 Å². The summed E-state index contributed by atoms with van der Waals surface area (Å²) in [6, 6.07) is 63.3. The lowest BCUT2D eigenvalue weighted by atomic mass is 9.98. The average Bonchev–Trinajstić information content (AvgIpc) is 3.73. The van der Waals surface area contributed by atoms with E-state index < -0.39 is 0 Å². The Bertz CT molecular complexity index is 2700.